The Labute approximate surface area is 134 Å². The number of hydrogen-bond donors (Lipinski definition) is 1. The van der Waals surface area contributed by atoms with Gasteiger partial charge >= 0.3 is 6.18 Å². The number of carbonyl (C=O) groups excluding carboxylic acids is 1. The molecule has 0 saturated heterocycles. The second kappa shape index (κ2) is 7.08. The molecule has 0 atom stereocenters. The molecule has 23 heavy (non-hydrogen) atoms. The van der Waals surface area contributed by atoms with Crippen molar-refractivity contribution >= 4 is 5.91 Å². The smallest absolute Gasteiger partial charge is 0.354 e. The molecule has 1 aromatic rings. The Balaban J connectivity index is 1.87. The second-order valence-electron chi connectivity index (χ2n) is 5.99. The van der Waals surface area contributed by atoms with Crippen molar-refractivity contribution in [1.29, 1.82) is 0 Å². The third-order valence-electron chi connectivity index (χ3n) is 4.40. The number of terminal acetylenes is 1. The first-order valence-electron chi connectivity index (χ1n) is 7.80. The van der Waals surface area contributed by atoms with Gasteiger partial charge in [-0.25, -0.2) is 0 Å². The van der Waals surface area contributed by atoms with Crippen molar-refractivity contribution in [1.82, 2.24) is 5.32 Å². The van der Waals surface area contributed by atoms with Crippen molar-refractivity contribution in [2.24, 2.45) is 5.41 Å². The summed E-state index contributed by atoms with van der Waals surface area (Å²) in [4.78, 5) is 12.3. The zero-order chi connectivity index (χ0) is 16.9. The van der Waals surface area contributed by atoms with Gasteiger partial charge in [-0.1, -0.05) is 37.3 Å². The summed E-state index contributed by atoms with van der Waals surface area (Å²) in [7, 11) is 0. The minimum absolute atomic E-state index is 0.133. The van der Waals surface area contributed by atoms with Gasteiger partial charge in [0.05, 0.1) is 5.56 Å². The van der Waals surface area contributed by atoms with Crippen molar-refractivity contribution in [3.8, 4) is 12.3 Å². The first-order valence-corrected chi connectivity index (χ1v) is 7.80. The molecule has 0 aromatic heterocycles. The molecular formula is C18H20F3NO. The zero-order valence-corrected chi connectivity index (χ0v) is 12.9. The average molecular weight is 323 g/mol. The lowest BCUT2D eigenvalue weighted by molar-refractivity contribution is -0.137. The van der Waals surface area contributed by atoms with E-state index in [1.807, 2.05) is 0 Å². The lowest BCUT2D eigenvalue weighted by Crippen LogP contribution is -2.42. The van der Waals surface area contributed by atoms with E-state index in [1.54, 1.807) is 0 Å². The highest BCUT2D eigenvalue weighted by Crippen LogP contribution is 2.35. The van der Waals surface area contributed by atoms with Gasteiger partial charge in [-0.3, -0.25) is 4.79 Å². The van der Waals surface area contributed by atoms with Crippen LogP contribution in [0.4, 0.5) is 13.2 Å². The highest BCUT2D eigenvalue weighted by Gasteiger charge is 2.37. The fourth-order valence-corrected chi connectivity index (χ4v) is 2.94. The SMILES string of the molecule is C#CC1(C(=O)NCCc2ccc(C(F)(F)F)cc2)CCCCC1. The molecule has 1 aromatic carbocycles. The molecule has 0 aliphatic heterocycles. The lowest BCUT2D eigenvalue weighted by Gasteiger charge is -2.30. The van der Waals surface area contributed by atoms with E-state index in [2.05, 4.69) is 11.2 Å². The predicted octanol–water partition coefficient (Wildman–Crippen LogP) is 3.95. The number of benzene rings is 1. The molecule has 5 heteroatoms. The van der Waals surface area contributed by atoms with Crippen LogP contribution < -0.4 is 5.32 Å². The van der Waals surface area contributed by atoms with Crippen molar-refractivity contribution in [2.45, 2.75) is 44.7 Å². The zero-order valence-electron chi connectivity index (χ0n) is 12.9. The Bertz CT molecular complexity index is 578. The summed E-state index contributed by atoms with van der Waals surface area (Å²) in [6.45, 7) is 0.369. The van der Waals surface area contributed by atoms with Crippen molar-refractivity contribution in [2.75, 3.05) is 6.54 Å². The molecule has 1 N–H and O–H groups in total. The van der Waals surface area contributed by atoms with Gasteiger partial charge < -0.3 is 5.32 Å². The number of nitrogens with one attached hydrogen (secondary N) is 1. The Kier molecular flexibility index (Phi) is 5.35. The Hall–Kier alpha value is -1.96. The summed E-state index contributed by atoms with van der Waals surface area (Å²) < 4.78 is 37.5. The molecule has 1 saturated carbocycles. The fraction of sp³-hybridized carbons (Fsp3) is 0.500. The standard InChI is InChI=1S/C18H20F3NO/c1-2-17(11-4-3-5-12-17)16(23)22-13-10-14-6-8-15(9-7-14)18(19,20)21/h1,6-9H,3-5,10-13H2,(H,22,23). The molecule has 2 nitrogen and oxygen atoms in total. The molecule has 0 spiro atoms. The Morgan fingerprint density at radius 3 is 2.30 bits per heavy atom. The van der Waals surface area contributed by atoms with Gasteiger partial charge in [-0.2, -0.15) is 13.2 Å². The van der Waals surface area contributed by atoms with E-state index < -0.39 is 17.2 Å². The van der Waals surface area contributed by atoms with Crippen LogP contribution in [0.25, 0.3) is 0 Å². The third kappa shape index (κ3) is 4.28. The largest absolute Gasteiger partial charge is 0.416 e. The molecule has 1 aliphatic carbocycles. The summed E-state index contributed by atoms with van der Waals surface area (Å²) >= 11 is 0. The topological polar surface area (TPSA) is 29.1 Å². The van der Waals surface area contributed by atoms with Gasteiger partial charge in [0.1, 0.15) is 5.41 Å². The molecule has 0 heterocycles. The summed E-state index contributed by atoms with van der Waals surface area (Å²) in [6, 6.07) is 4.99. The quantitative estimate of drug-likeness (QED) is 0.835. The maximum Gasteiger partial charge on any atom is 0.416 e. The van der Waals surface area contributed by atoms with Gasteiger partial charge in [-0.15, -0.1) is 6.42 Å². The van der Waals surface area contributed by atoms with Crippen LogP contribution in [-0.2, 0) is 17.4 Å². The number of hydrogen-bond acceptors (Lipinski definition) is 1. The molecule has 1 amide bonds. The second-order valence-corrected chi connectivity index (χ2v) is 5.99. The third-order valence-corrected chi connectivity index (χ3v) is 4.40. The number of halogens is 3. The summed E-state index contributed by atoms with van der Waals surface area (Å²) in [5.74, 6) is 2.52. The Morgan fingerprint density at radius 1 is 1.17 bits per heavy atom. The highest BCUT2D eigenvalue weighted by molar-refractivity contribution is 5.85. The molecule has 0 bridgehead atoms. The van der Waals surface area contributed by atoms with E-state index in [9.17, 15) is 18.0 Å². The summed E-state index contributed by atoms with van der Waals surface area (Å²) in [5, 5.41) is 2.83. The number of amides is 1. The van der Waals surface area contributed by atoms with Crippen LogP contribution in [0, 0.1) is 17.8 Å². The summed E-state index contributed by atoms with van der Waals surface area (Å²) in [5.41, 5.74) is -0.631. The predicted molar refractivity (Wildman–Crippen MR) is 82.5 cm³/mol. The fourth-order valence-electron chi connectivity index (χ4n) is 2.94. The minimum atomic E-state index is -4.33. The monoisotopic (exact) mass is 323 g/mol. The van der Waals surface area contributed by atoms with Gasteiger partial charge in [-0.05, 0) is 37.0 Å². The molecule has 1 fully saturated rings. The van der Waals surface area contributed by atoms with Crippen LogP contribution in [-0.4, -0.2) is 12.5 Å². The van der Waals surface area contributed by atoms with Crippen LogP contribution in [0.2, 0.25) is 0 Å². The van der Waals surface area contributed by atoms with E-state index in [0.29, 0.717) is 25.8 Å². The lowest BCUT2D eigenvalue weighted by atomic mass is 9.74. The van der Waals surface area contributed by atoms with Crippen LogP contribution in [0.5, 0.6) is 0 Å². The van der Waals surface area contributed by atoms with Gasteiger partial charge in [0.2, 0.25) is 5.91 Å². The summed E-state index contributed by atoms with van der Waals surface area (Å²) in [6.07, 6.45) is 6.13. The number of rotatable bonds is 4. The average Bonchev–Trinajstić information content (AvgIpc) is 2.55. The van der Waals surface area contributed by atoms with Crippen LogP contribution >= 0.6 is 0 Å². The van der Waals surface area contributed by atoms with Crippen LogP contribution in [0.3, 0.4) is 0 Å². The van der Waals surface area contributed by atoms with E-state index in [-0.39, 0.29) is 5.91 Å². The van der Waals surface area contributed by atoms with Crippen LogP contribution in [0.15, 0.2) is 24.3 Å². The molecule has 124 valence electrons. The molecule has 1 aliphatic rings. The van der Waals surface area contributed by atoms with Gasteiger partial charge in [0, 0.05) is 6.54 Å². The molecule has 2 rings (SSSR count). The number of carbonyl (C=O) groups is 1. The highest BCUT2D eigenvalue weighted by atomic mass is 19.4. The van der Waals surface area contributed by atoms with E-state index in [1.165, 1.54) is 12.1 Å². The first-order chi connectivity index (χ1) is 10.9. The molecule has 0 unspecified atom stereocenters. The molecular weight excluding hydrogens is 303 g/mol. The maximum absolute atomic E-state index is 12.5. The van der Waals surface area contributed by atoms with Crippen molar-refractivity contribution < 1.29 is 18.0 Å². The van der Waals surface area contributed by atoms with E-state index in [4.69, 9.17) is 6.42 Å². The van der Waals surface area contributed by atoms with Gasteiger partial charge in [0.15, 0.2) is 0 Å². The van der Waals surface area contributed by atoms with Crippen molar-refractivity contribution in [3.63, 3.8) is 0 Å². The molecule has 0 radical (unpaired) electrons. The van der Waals surface area contributed by atoms with Crippen molar-refractivity contribution in [3.05, 3.63) is 35.4 Å². The van der Waals surface area contributed by atoms with Gasteiger partial charge in [0.25, 0.3) is 0 Å². The van der Waals surface area contributed by atoms with Crippen LogP contribution in [0.1, 0.15) is 43.2 Å². The minimum Gasteiger partial charge on any atom is -0.354 e. The number of alkyl halides is 3. The normalized spacial score (nSPS) is 17.3. The Morgan fingerprint density at radius 2 is 1.78 bits per heavy atom. The van der Waals surface area contributed by atoms with E-state index >= 15 is 0 Å². The maximum atomic E-state index is 12.5. The first kappa shape index (κ1) is 17.4. The van der Waals surface area contributed by atoms with E-state index in [0.717, 1.165) is 37.0 Å².